The summed E-state index contributed by atoms with van der Waals surface area (Å²) in [7, 11) is 0. The van der Waals surface area contributed by atoms with E-state index in [-0.39, 0.29) is 31.1 Å². The van der Waals surface area contributed by atoms with Crippen molar-refractivity contribution in [3.8, 4) is 0 Å². The Labute approximate surface area is 439 Å². The van der Waals surface area contributed by atoms with Crippen LogP contribution in [0.1, 0.15) is 290 Å². The SMILES string of the molecule is CC/C=C\C/C=C\C/C=C\C/C=C\C/C=C\CCCCCC(=O)OCC(COC(=O)CCCCCCC/C=C\CCCCCCCCC)OC(=O)CCCCCCC/C=C\CCCCCCCCCCC. The quantitative estimate of drug-likeness (QED) is 0.0261. The molecule has 0 saturated heterocycles. The Hall–Kier alpha value is -3.41. The molecule has 0 aromatic heterocycles. The summed E-state index contributed by atoms with van der Waals surface area (Å²) in [6.07, 6.45) is 77.2. The van der Waals surface area contributed by atoms with Gasteiger partial charge >= 0.3 is 17.9 Å². The van der Waals surface area contributed by atoms with Crippen LogP contribution in [0, 0.1) is 0 Å². The van der Waals surface area contributed by atoms with Crippen molar-refractivity contribution in [2.24, 2.45) is 0 Å². The molecule has 0 radical (unpaired) electrons. The Kier molecular flexibility index (Phi) is 56.3. The molecule has 0 aliphatic carbocycles. The molecule has 0 aliphatic heterocycles. The van der Waals surface area contributed by atoms with Crippen molar-refractivity contribution in [3.63, 3.8) is 0 Å². The molecule has 0 aromatic rings. The number of unbranched alkanes of at least 4 members (excludes halogenated alkanes) is 29. The van der Waals surface area contributed by atoms with Gasteiger partial charge in [0.05, 0.1) is 0 Å². The lowest BCUT2D eigenvalue weighted by atomic mass is 10.1. The smallest absolute Gasteiger partial charge is 0.306 e. The average Bonchev–Trinajstić information content (AvgIpc) is 3.37. The molecule has 1 unspecified atom stereocenters. The monoisotopic (exact) mass is 989 g/mol. The Morgan fingerprint density at radius 2 is 0.549 bits per heavy atom. The number of allylic oxidation sites excluding steroid dienone is 14. The second-order valence-electron chi connectivity index (χ2n) is 19.9. The van der Waals surface area contributed by atoms with Crippen LogP contribution >= 0.6 is 0 Å². The number of hydrogen-bond donors (Lipinski definition) is 0. The molecule has 0 amide bonds. The van der Waals surface area contributed by atoms with Gasteiger partial charge in [-0.1, -0.05) is 241 Å². The Morgan fingerprint density at radius 3 is 0.887 bits per heavy atom. The van der Waals surface area contributed by atoms with Crippen LogP contribution in [0.2, 0.25) is 0 Å². The van der Waals surface area contributed by atoms with Crippen molar-refractivity contribution in [3.05, 3.63) is 85.1 Å². The van der Waals surface area contributed by atoms with Gasteiger partial charge in [-0.2, -0.15) is 0 Å². The minimum Gasteiger partial charge on any atom is -0.462 e. The zero-order valence-corrected chi connectivity index (χ0v) is 46.7. The van der Waals surface area contributed by atoms with E-state index in [0.717, 1.165) is 116 Å². The molecule has 71 heavy (non-hydrogen) atoms. The first kappa shape index (κ1) is 67.6. The van der Waals surface area contributed by atoms with Crippen LogP contribution < -0.4 is 0 Å². The molecule has 0 rings (SSSR count). The van der Waals surface area contributed by atoms with Crippen LogP contribution in [0.4, 0.5) is 0 Å². The molecule has 6 nitrogen and oxygen atoms in total. The minimum atomic E-state index is -0.799. The fraction of sp³-hybridized carbons (Fsp3) is 0.738. The summed E-state index contributed by atoms with van der Waals surface area (Å²) in [6, 6.07) is 0. The summed E-state index contributed by atoms with van der Waals surface area (Å²) in [4.78, 5) is 38.2. The molecule has 0 aliphatic rings. The molecule has 408 valence electrons. The van der Waals surface area contributed by atoms with Gasteiger partial charge in [0, 0.05) is 19.3 Å². The molecule has 0 N–H and O–H groups in total. The van der Waals surface area contributed by atoms with Crippen LogP contribution in [0.15, 0.2) is 85.1 Å². The Morgan fingerprint density at radius 1 is 0.296 bits per heavy atom. The number of carbonyl (C=O) groups excluding carboxylic acids is 3. The largest absolute Gasteiger partial charge is 0.462 e. The molecular formula is C65H112O6. The number of carbonyl (C=O) groups is 3. The Bertz CT molecular complexity index is 1370. The molecule has 0 spiro atoms. The van der Waals surface area contributed by atoms with E-state index in [9.17, 15) is 14.4 Å². The molecule has 0 saturated carbocycles. The molecule has 0 aromatic carbocycles. The van der Waals surface area contributed by atoms with Crippen LogP contribution in [0.5, 0.6) is 0 Å². The molecule has 0 bridgehead atoms. The summed E-state index contributed by atoms with van der Waals surface area (Å²) in [5.74, 6) is -0.935. The normalized spacial score (nSPS) is 12.7. The molecule has 0 heterocycles. The maximum absolute atomic E-state index is 12.9. The molecule has 1 atom stereocenters. The highest BCUT2D eigenvalue weighted by Gasteiger charge is 2.19. The zero-order valence-electron chi connectivity index (χ0n) is 46.7. The summed E-state index contributed by atoms with van der Waals surface area (Å²) in [6.45, 7) is 6.50. The van der Waals surface area contributed by atoms with E-state index in [4.69, 9.17) is 14.2 Å². The van der Waals surface area contributed by atoms with Crippen molar-refractivity contribution >= 4 is 17.9 Å². The van der Waals surface area contributed by atoms with Crippen LogP contribution in [0.3, 0.4) is 0 Å². The van der Waals surface area contributed by atoms with Gasteiger partial charge < -0.3 is 14.2 Å². The van der Waals surface area contributed by atoms with Crippen molar-refractivity contribution in [1.82, 2.24) is 0 Å². The first-order chi connectivity index (χ1) is 35.0. The van der Waals surface area contributed by atoms with Crippen molar-refractivity contribution in [2.75, 3.05) is 13.2 Å². The van der Waals surface area contributed by atoms with Gasteiger partial charge in [-0.3, -0.25) is 14.4 Å². The summed E-state index contributed by atoms with van der Waals surface area (Å²) < 4.78 is 16.9. The highest BCUT2D eigenvalue weighted by molar-refractivity contribution is 5.71. The average molecular weight is 990 g/mol. The van der Waals surface area contributed by atoms with Gasteiger partial charge in [0.15, 0.2) is 6.10 Å². The third kappa shape index (κ3) is 57.4. The first-order valence-electron chi connectivity index (χ1n) is 30.1. The van der Waals surface area contributed by atoms with E-state index in [0.29, 0.717) is 19.3 Å². The van der Waals surface area contributed by atoms with Gasteiger partial charge in [0.25, 0.3) is 0 Å². The highest BCUT2D eigenvalue weighted by Crippen LogP contribution is 2.15. The maximum Gasteiger partial charge on any atom is 0.306 e. The van der Waals surface area contributed by atoms with E-state index >= 15 is 0 Å². The topological polar surface area (TPSA) is 78.9 Å². The maximum atomic E-state index is 12.9. The van der Waals surface area contributed by atoms with Gasteiger partial charge in [-0.05, 0) is 116 Å². The van der Waals surface area contributed by atoms with Gasteiger partial charge in [-0.15, -0.1) is 0 Å². The fourth-order valence-electron chi connectivity index (χ4n) is 8.34. The number of esters is 3. The summed E-state index contributed by atoms with van der Waals surface area (Å²) >= 11 is 0. The molecule has 0 fully saturated rings. The number of hydrogen-bond acceptors (Lipinski definition) is 6. The standard InChI is InChI=1S/C65H112O6/c1-4-7-10-13-16-19-22-25-28-31-33-35-37-40-43-46-49-52-55-58-64(67)70-61-62(60-69-63(66)57-54-51-48-45-42-39-36-30-27-24-21-18-15-12-9-6-3)71-65(68)59-56-53-50-47-44-41-38-34-32-29-26-23-20-17-14-11-8-5-2/h7,10,16,19,25,28,30,33-36,38,40,43,62H,4-6,8-9,11-15,17-18,20-24,26-27,29,31-32,37,39,41-42,44-61H2,1-3H3/b10-7-,19-16-,28-25-,35-33-,36-30-,38-34-,43-40-. The fourth-order valence-corrected chi connectivity index (χ4v) is 8.34. The summed E-state index contributed by atoms with van der Waals surface area (Å²) in [5.41, 5.74) is 0. The van der Waals surface area contributed by atoms with Gasteiger partial charge in [0.1, 0.15) is 13.2 Å². The van der Waals surface area contributed by atoms with Crippen molar-refractivity contribution < 1.29 is 28.6 Å². The highest BCUT2D eigenvalue weighted by atomic mass is 16.6. The lowest BCUT2D eigenvalue weighted by Crippen LogP contribution is -2.30. The predicted molar refractivity (Wildman–Crippen MR) is 307 cm³/mol. The number of ether oxygens (including phenoxy) is 3. The van der Waals surface area contributed by atoms with Crippen LogP contribution in [-0.2, 0) is 28.6 Å². The van der Waals surface area contributed by atoms with E-state index in [1.807, 2.05) is 0 Å². The Balaban J connectivity index is 4.46. The van der Waals surface area contributed by atoms with E-state index < -0.39 is 6.10 Å². The third-order valence-corrected chi connectivity index (χ3v) is 12.9. The van der Waals surface area contributed by atoms with E-state index in [2.05, 4.69) is 106 Å². The minimum absolute atomic E-state index is 0.0943. The van der Waals surface area contributed by atoms with Crippen molar-refractivity contribution in [1.29, 1.82) is 0 Å². The molecular weight excluding hydrogens is 877 g/mol. The molecule has 6 heteroatoms. The lowest BCUT2D eigenvalue weighted by Gasteiger charge is -2.18. The van der Waals surface area contributed by atoms with E-state index in [1.54, 1.807) is 0 Å². The van der Waals surface area contributed by atoms with Crippen LogP contribution in [0.25, 0.3) is 0 Å². The van der Waals surface area contributed by atoms with Gasteiger partial charge in [-0.25, -0.2) is 0 Å². The zero-order chi connectivity index (χ0) is 51.4. The first-order valence-corrected chi connectivity index (χ1v) is 30.1. The van der Waals surface area contributed by atoms with Crippen LogP contribution in [-0.4, -0.2) is 37.2 Å². The number of rotatable bonds is 54. The van der Waals surface area contributed by atoms with Crippen molar-refractivity contribution in [2.45, 2.75) is 297 Å². The summed E-state index contributed by atoms with van der Waals surface area (Å²) in [5, 5.41) is 0. The van der Waals surface area contributed by atoms with E-state index in [1.165, 1.54) is 135 Å². The second-order valence-corrected chi connectivity index (χ2v) is 19.9. The third-order valence-electron chi connectivity index (χ3n) is 12.9. The predicted octanol–water partition coefficient (Wildman–Crippen LogP) is 20.3. The second kappa shape index (κ2) is 59.2. The lowest BCUT2D eigenvalue weighted by molar-refractivity contribution is -0.167. The van der Waals surface area contributed by atoms with Gasteiger partial charge in [0.2, 0.25) is 0 Å².